The Kier molecular flexibility index (Phi) is 3.31. The predicted octanol–water partition coefficient (Wildman–Crippen LogP) is 1.53. The van der Waals surface area contributed by atoms with Crippen LogP contribution in [-0.4, -0.2) is 45.6 Å². The molecule has 12 heavy (non-hydrogen) atoms. The molecule has 2 atom stereocenters. The first-order valence-electron chi connectivity index (χ1n) is 3.72. The molecule has 0 unspecified atom stereocenters. The van der Waals surface area contributed by atoms with Crippen molar-refractivity contribution in [2.24, 2.45) is 5.16 Å². The number of thioether (sulfide) groups is 2. The molecule has 3 nitrogen and oxygen atoms in total. The third-order valence-electron chi connectivity index (χ3n) is 1.64. The van der Waals surface area contributed by atoms with Gasteiger partial charge in [-0.3, -0.25) is 4.90 Å². The molecule has 1 N–H and O–H groups in total. The summed E-state index contributed by atoms with van der Waals surface area (Å²) in [6.45, 7) is 2.09. The van der Waals surface area contributed by atoms with Crippen molar-refractivity contribution in [3.8, 4) is 0 Å². The minimum Gasteiger partial charge on any atom is -0.411 e. The number of hydrogen-bond donors (Lipinski definition) is 1. The molecule has 0 bridgehead atoms. The Morgan fingerprint density at radius 2 is 2.33 bits per heavy atom. The standard InChI is InChI=1S/C7H14N2OS2/c1-7(4-8-10)5-11-6(12-7)9(2)3/h4,6,10H,5H2,1-3H3/b8-4-/t6-,7+/m0/s1. The minimum absolute atomic E-state index is 0.00560. The highest BCUT2D eigenvalue weighted by atomic mass is 32.2. The molecule has 1 aliphatic heterocycles. The Balaban J connectivity index is 2.54. The molecule has 0 aromatic carbocycles. The molecule has 1 rings (SSSR count). The smallest absolute Gasteiger partial charge is 0.103 e. The Bertz CT molecular complexity index is 186. The van der Waals surface area contributed by atoms with Crippen LogP contribution in [0.3, 0.4) is 0 Å². The van der Waals surface area contributed by atoms with E-state index in [-0.39, 0.29) is 4.75 Å². The van der Waals surface area contributed by atoms with Crippen LogP contribution in [0.1, 0.15) is 6.92 Å². The molecule has 1 fully saturated rings. The summed E-state index contributed by atoms with van der Waals surface area (Å²) in [6.07, 6.45) is 1.62. The van der Waals surface area contributed by atoms with Gasteiger partial charge < -0.3 is 5.21 Å². The molecule has 1 saturated heterocycles. The van der Waals surface area contributed by atoms with Crippen LogP contribution in [0.2, 0.25) is 0 Å². The van der Waals surface area contributed by atoms with Gasteiger partial charge in [0.25, 0.3) is 0 Å². The quantitative estimate of drug-likeness (QED) is 0.422. The van der Waals surface area contributed by atoms with Crippen LogP contribution in [0.4, 0.5) is 0 Å². The van der Waals surface area contributed by atoms with Crippen molar-refractivity contribution < 1.29 is 5.21 Å². The third kappa shape index (κ3) is 2.31. The summed E-state index contributed by atoms with van der Waals surface area (Å²) in [5.74, 6) is 1.00. The first-order valence-corrected chi connectivity index (χ1v) is 5.65. The summed E-state index contributed by atoms with van der Waals surface area (Å²) in [5, 5.41) is 11.6. The fourth-order valence-electron chi connectivity index (χ4n) is 0.979. The zero-order valence-corrected chi connectivity index (χ0v) is 9.15. The van der Waals surface area contributed by atoms with Gasteiger partial charge in [-0.1, -0.05) is 0 Å². The number of rotatable bonds is 2. The molecular weight excluding hydrogens is 192 g/mol. The molecule has 0 radical (unpaired) electrons. The van der Waals surface area contributed by atoms with Gasteiger partial charge in [0.15, 0.2) is 0 Å². The summed E-state index contributed by atoms with van der Waals surface area (Å²) in [5.41, 5.74) is 0. The van der Waals surface area contributed by atoms with E-state index in [9.17, 15) is 0 Å². The lowest BCUT2D eigenvalue weighted by molar-refractivity contribution is 0.319. The molecule has 0 aromatic rings. The van der Waals surface area contributed by atoms with E-state index in [4.69, 9.17) is 5.21 Å². The minimum atomic E-state index is -0.00560. The predicted molar refractivity (Wildman–Crippen MR) is 56.2 cm³/mol. The average Bonchev–Trinajstić information content (AvgIpc) is 2.33. The first kappa shape index (κ1) is 10.2. The zero-order valence-electron chi connectivity index (χ0n) is 7.52. The second-order valence-electron chi connectivity index (χ2n) is 3.26. The lowest BCUT2D eigenvalue weighted by Crippen LogP contribution is -2.24. The average molecular weight is 206 g/mol. The van der Waals surface area contributed by atoms with Crippen LogP contribution in [-0.2, 0) is 0 Å². The lowest BCUT2D eigenvalue weighted by Gasteiger charge is -2.19. The number of oxime groups is 1. The van der Waals surface area contributed by atoms with Gasteiger partial charge in [0.2, 0.25) is 0 Å². The Morgan fingerprint density at radius 3 is 2.75 bits per heavy atom. The highest BCUT2D eigenvalue weighted by molar-refractivity contribution is 8.21. The summed E-state index contributed by atoms with van der Waals surface area (Å²) < 4.78 is 0.474. The van der Waals surface area contributed by atoms with Crippen molar-refractivity contribution >= 4 is 29.7 Å². The maximum Gasteiger partial charge on any atom is 0.103 e. The maximum absolute atomic E-state index is 8.45. The van der Waals surface area contributed by atoms with Gasteiger partial charge >= 0.3 is 0 Å². The first-order chi connectivity index (χ1) is 5.57. The largest absolute Gasteiger partial charge is 0.411 e. The van der Waals surface area contributed by atoms with Crippen LogP contribution >= 0.6 is 23.5 Å². The lowest BCUT2D eigenvalue weighted by atomic mass is 10.2. The Labute approximate surface area is 81.6 Å². The molecule has 0 saturated carbocycles. The number of hydrogen-bond acceptors (Lipinski definition) is 5. The summed E-state index contributed by atoms with van der Waals surface area (Å²) in [7, 11) is 4.12. The second kappa shape index (κ2) is 3.89. The van der Waals surface area contributed by atoms with Crippen molar-refractivity contribution in [3.63, 3.8) is 0 Å². The van der Waals surface area contributed by atoms with Gasteiger partial charge in [0.1, 0.15) is 4.71 Å². The fraction of sp³-hybridized carbons (Fsp3) is 0.857. The fourth-order valence-corrected chi connectivity index (χ4v) is 4.22. The molecule has 0 spiro atoms. The van der Waals surface area contributed by atoms with E-state index < -0.39 is 0 Å². The highest BCUT2D eigenvalue weighted by Gasteiger charge is 2.36. The summed E-state index contributed by atoms with van der Waals surface area (Å²) in [4.78, 5) is 2.17. The summed E-state index contributed by atoms with van der Waals surface area (Å²) >= 11 is 3.71. The van der Waals surface area contributed by atoms with Gasteiger partial charge in [-0.15, -0.1) is 28.7 Å². The van der Waals surface area contributed by atoms with E-state index in [0.29, 0.717) is 4.71 Å². The van der Waals surface area contributed by atoms with Crippen LogP contribution in [0.25, 0.3) is 0 Å². The second-order valence-corrected chi connectivity index (χ2v) is 6.24. The van der Waals surface area contributed by atoms with Crippen molar-refractivity contribution in [1.82, 2.24) is 4.90 Å². The third-order valence-corrected chi connectivity index (χ3v) is 5.40. The van der Waals surface area contributed by atoms with E-state index in [1.807, 2.05) is 23.5 Å². The molecule has 1 aliphatic rings. The van der Waals surface area contributed by atoms with Gasteiger partial charge in [-0.25, -0.2) is 0 Å². The monoisotopic (exact) mass is 206 g/mol. The van der Waals surface area contributed by atoms with Crippen LogP contribution in [0.5, 0.6) is 0 Å². The molecule has 0 aliphatic carbocycles. The van der Waals surface area contributed by atoms with Gasteiger partial charge in [-0.2, -0.15) is 0 Å². The van der Waals surface area contributed by atoms with Crippen LogP contribution in [0, 0.1) is 0 Å². The normalized spacial score (nSPS) is 36.8. The SMILES string of the molecule is CN(C)[C@H]1SC[C@@](C)(/C=N\O)S1. The van der Waals surface area contributed by atoms with Crippen molar-refractivity contribution in [3.05, 3.63) is 0 Å². The topological polar surface area (TPSA) is 35.8 Å². The van der Waals surface area contributed by atoms with E-state index in [1.165, 1.54) is 0 Å². The maximum atomic E-state index is 8.45. The number of nitrogens with zero attached hydrogens (tertiary/aromatic N) is 2. The zero-order chi connectivity index (χ0) is 9.19. The van der Waals surface area contributed by atoms with Crippen LogP contribution in [0.15, 0.2) is 5.16 Å². The highest BCUT2D eigenvalue weighted by Crippen LogP contribution is 2.45. The van der Waals surface area contributed by atoms with Crippen LogP contribution < -0.4 is 0 Å². The van der Waals surface area contributed by atoms with E-state index in [0.717, 1.165) is 5.75 Å². The van der Waals surface area contributed by atoms with Crippen molar-refractivity contribution in [1.29, 1.82) is 0 Å². The molecule has 1 heterocycles. The van der Waals surface area contributed by atoms with E-state index >= 15 is 0 Å². The molecular formula is C7H14N2OS2. The van der Waals surface area contributed by atoms with Gasteiger partial charge in [-0.05, 0) is 21.0 Å². The van der Waals surface area contributed by atoms with Gasteiger partial charge in [0, 0.05) is 5.75 Å². The molecule has 70 valence electrons. The van der Waals surface area contributed by atoms with E-state index in [1.54, 1.807) is 6.21 Å². The Morgan fingerprint density at radius 1 is 1.67 bits per heavy atom. The van der Waals surface area contributed by atoms with Crippen molar-refractivity contribution in [2.45, 2.75) is 16.4 Å². The molecule has 0 amide bonds. The Hall–Kier alpha value is 0.130. The summed E-state index contributed by atoms with van der Waals surface area (Å²) in [6, 6.07) is 0. The van der Waals surface area contributed by atoms with Gasteiger partial charge in [0.05, 0.1) is 11.0 Å². The van der Waals surface area contributed by atoms with E-state index in [2.05, 4.69) is 31.1 Å². The molecule has 5 heteroatoms. The molecule has 0 aromatic heterocycles. The van der Waals surface area contributed by atoms with Crippen molar-refractivity contribution in [2.75, 3.05) is 19.8 Å².